The van der Waals surface area contributed by atoms with Crippen LogP contribution in [0.5, 0.6) is 0 Å². The van der Waals surface area contributed by atoms with Crippen molar-refractivity contribution in [2.24, 2.45) is 0 Å². The Hall–Kier alpha value is -1.07. The SMILES string of the molecule is CC(C)OP(=O)(OC(C)C)[C@@H]1O[C@H](Cn2cnc3c(Cl)nc(N)nc32)C[C@H]1O[Si](C)(C)C(C)(C)C. The van der Waals surface area contributed by atoms with Crippen molar-refractivity contribution in [2.45, 2.75) is 110 Å². The molecular formula is C22H39ClN5O5PSi. The molecule has 0 spiro atoms. The van der Waals surface area contributed by atoms with Crippen molar-refractivity contribution in [1.29, 1.82) is 0 Å². The Morgan fingerprint density at radius 1 is 1.23 bits per heavy atom. The van der Waals surface area contributed by atoms with Crippen LogP contribution in [0, 0.1) is 0 Å². The molecular weight excluding hydrogens is 509 g/mol. The van der Waals surface area contributed by atoms with Gasteiger partial charge in [0.15, 0.2) is 25.0 Å². The van der Waals surface area contributed by atoms with E-state index in [1.54, 1.807) is 6.33 Å². The van der Waals surface area contributed by atoms with Gasteiger partial charge in [-0.2, -0.15) is 9.97 Å². The van der Waals surface area contributed by atoms with E-state index in [1.165, 1.54) is 0 Å². The molecule has 3 rings (SSSR count). The molecule has 1 saturated heterocycles. The minimum Gasteiger partial charge on any atom is -0.410 e. The second-order valence-corrected chi connectivity index (χ2v) is 18.2. The van der Waals surface area contributed by atoms with Gasteiger partial charge in [-0.3, -0.25) is 4.57 Å². The second kappa shape index (κ2) is 10.4. The Balaban J connectivity index is 1.95. The maximum atomic E-state index is 14.1. The number of halogens is 1. The van der Waals surface area contributed by atoms with Crippen LogP contribution in [0.25, 0.3) is 11.2 Å². The normalized spacial score (nSPS) is 22.1. The van der Waals surface area contributed by atoms with Gasteiger partial charge in [0.25, 0.3) is 0 Å². The zero-order valence-electron chi connectivity index (χ0n) is 22.1. The maximum absolute atomic E-state index is 14.1. The first kappa shape index (κ1) is 28.5. The molecule has 3 heterocycles. The summed E-state index contributed by atoms with van der Waals surface area (Å²) in [6.07, 6.45) is 0.715. The zero-order valence-corrected chi connectivity index (χ0v) is 24.8. The van der Waals surface area contributed by atoms with Gasteiger partial charge in [0.2, 0.25) is 5.95 Å². The molecule has 0 unspecified atom stereocenters. The molecule has 0 aromatic carbocycles. The van der Waals surface area contributed by atoms with E-state index in [0.717, 1.165) is 0 Å². The smallest absolute Gasteiger partial charge is 0.362 e. The predicted molar refractivity (Wildman–Crippen MR) is 140 cm³/mol. The van der Waals surface area contributed by atoms with E-state index in [-0.39, 0.29) is 34.5 Å². The predicted octanol–water partition coefficient (Wildman–Crippen LogP) is 5.61. The Morgan fingerprint density at radius 3 is 2.37 bits per heavy atom. The highest BCUT2D eigenvalue weighted by Gasteiger charge is 2.53. The average Bonchev–Trinajstić information content (AvgIpc) is 3.24. The Labute approximate surface area is 213 Å². The van der Waals surface area contributed by atoms with Gasteiger partial charge in [0, 0.05) is 6.42 Å². The standard InChI is InChI=1S/C22H39ClN5O5PSi/c1-13(2)31-34(29,32-14(3)4)20-16(33-35(8,9)22(5,6)7)10-15(30-20)11-28-12-25-17-18(23)26-21(24)27-19(17)28/h12-16,20H,10-11H2,1-9H3,(H2,24,26,27)/t15-,16+,20-/m0/s1. The van der Waals surface area contributed by atoms with Crippen molar-refractivity contribution in [2.75, 3.05) is 5.73 Å². The number of aromatic nitrogens is 4. The number of imidazole rings is 1. The topological polar surface area (TPSA) is 124 Å². The van der Waals surface area contributed by atoms with Crippen LogP contribution in [-0.4, -0.2) is 58.1 Å². The highest BCUT2D eigenvalue weighted by atomic mass is 35.5. The van der Waals surface area contributed by atoms with Crippen LogP contribution >= 0.6 is 19.2 Å². The molecule has 198 valence electrons. The summed E-state index contributed by atoms with van der Waals surface area (Å²) in [5.41, 5.74) is 6.77. The maximum Gasteiger partial charge on any atom is 0.362 e. The number of hydrogen-bond acceptors (Lipinski definition) is 9. The summed E-state index contributed by atoms with van der Waals surface area (Å²) in [5, 5.41) is 0.152. The Morgan fingerprint density at radius 2 is 1.83 bits per heavy atom. The van der Waals surface area contributed by atoms with E-state index in [9.17, 15) is 4.57 Å². The van der Waals surface area contributed by atoms with E-state index in [0.29, 0.717) is 24.1 Å². The Kier molecular flexibility index (Phi) is 8.43. The first-order valence-corrected chi connectivity index (χ1v) is 16.9. The molecule has 35 heavy (non-hydrogen) atoms. The van der Waals surface area contributed by atoms with Crippen molar-refractivity contribution in [1.82, 2.24) is 19.5 Å². The lowest BCUT2D eigenvalue weighted by Gasteiger charge is -2.40. The van der Waals surface area contributed by atoms with Gasteiger partial charge in [0.1, 0.15) is 5.52 Å². The average molecular weight is 548 g/mol. The summed E-state index contributed by atoms with van der Waals surface area (Å²) in [5.74, 6) is -0.793. The van der Waals surface area contributed by atoms with Crippen molar-refractivity contribution in [3.05, 3.63) is 11.5 Å². The minimum atomic E-state index is -3.68. The zero-order chi connectivity index (χ0) is 26.3. The molecule has 2 aromatic rings. The number of nitrogens with zero attached hydrogens (tertiary/aromatic N) is 4. The van der Waals surface area contributed by atoms with Gasteiger partial charge >= 0.3 is 7.60 Å². The summed E-state index contributed by atoms with van der Waals surface area (Å²) in [4.78, 5) is 12.6. The van der Waals surface area contributed by atoms with Crippen molar-refractivity contribution >= 4 is 44.6 Å². The molecule has 0 amide bonds. The van der Waals surface area contributed by atoms with E-state index in [1.807, 2.05) is 32.3 Å². The monoisotopic (exact) mass is 547 g/mol. The van der Waals surface area contributed by atoms with Crippen molar-refractivity contribution < 1.29 is 22.8 Å². The molecule has 10 nitrogen and oxygen atoms in total. The summed E-state index contributed by atoms with van der Waals surface area (Å²) < 4.78 is 40.9. The lowest BCUT2D eigenvalue weighted by Crippen LogP contribution is -2.46. The van der Waals surface area contributed by atoms with Crippen LogP contribution < -0.4 is 5.73 Å². The molecule has 13 heteroatoms. The third-order valence-electron chi connectivity index (χ3n) is 6.26. The molecule has 0 radical (unpaired) electrons. The number of anilines is 1. The number of nitrogen functional groups attached to an aromatic ring is 1. The molecule has 1 aliphatic heterocycles. The van der Waals surface area contributed by atoms with Gasteiger partial charge in [-0.1, -0.05) is 32.4 Å². The first-order valence-electron chi connectivity index (χ1n) is 12.0. The fourth-order valence-corrected chi connectivity index (χ4v) is 7.82. The highest BCUT2D eigenvalue weighted by molar-refractivity contribution is 7.54. The lowest BCUT2D eigenvalue weighted by molar-refractivity contribution is 0.0193. The Bertz CT molecular complexity index is 1080. The molecule has 1 fully saturated rings. The van der Waals surface area contributed by atoms with Gasteiger partial charge in [-0.25, -0.2) is 4.98 Å². The van der Waals surface area contributed by atoms with Gasteiger partial charge in [-0.05, 0) is 45.8 Å². The minimum absolute atomic E-state index is 0.0385. The first-order chi connectivity index (χ1) is 16.0. The lowest BCUT2D eigenvalue weighted by atomic mass is 10.2. The molecule has 2 aromatic heterocycles. The van der Waals surface area contributed by atoms with Crippen LogP contribution in [0.15, 0.2) is 6.33 Å². The third-order valence-corrected chi connectivity index (χ3v) is 13.5. The number of nitrogens with two attached hydrogens (primary N) is 1. The number of ether oxygens (including phenoxy) is 1. The van der Waals surface area contributed by atoms with E-state index in [4.69, 9.17) is 35.5 Å². The van der Waals surface area contributed by atoms with Crippen LogP contribution in [0.2, 0.25) is 23.3 Å². The molecule has 3 atom stereocenters. The largest absolute Gasteiger partial charge is 0.410 e. The van der Waals surface area contributed by atoms with Crippen LogP contribution in [0.3, 0.4) is 0 Å². The molecule has 2 N–H and O–H groups in total. The number of fused-ring (bicyclic) bond motifs is 1. The molecule has 1 aliphatic rings. The third kappa shape index (κ3) is 6.44. The van der Waals surface area contributed by atoms with Gasteiger partial charge < -0.3 is 28.5 Å². The summed E-state index contributed by atoms with van der Waals surface area (Å²) >= 11 is 6.19. The number of hydrogen-bond donors (Lipinski definition) is 1. The number of rotatable bonds is 9. The molecule has 0 aliphatic carbocycles. The van der Waals surface area contributed by atoms with Crippen molar-refractivity contribution in [3.8, 4) is 0 Å². The van der Waals surface area contributed by atoms with Crippen LogP contribution in [0.1, 0.15) is 54.9 Å². The second-order valence-electron chi connectivity index (χ2n) is 11.1. The summed E-state index contributed by atoms with van der Waals surface area (Å²) in [6, 6.07) is 0. The van der Waals surface area contributed by atoms with Gasteiger partial charge in [-0.15, -0.1) is 0 Å². The molecule has 0 bridgehead atoms. The van der Waals surface area contributed by atoms with E-state index < -0.39 is 27.9 Å². The molecule has 0 saturated carbocycles. The van der Waals surface area contributed by atoms with Crippen molar-refractivity contribution in [3.63, 3.8) is 0 Å². The fraction of sp³-hybridized carbons (Fsp3) is 0.773. The quantitative estimate of drug-likeness (QED) is 0.242. The fourth-order valence-electron chi connectivity index (χ4n) is 3.78. The van der Waals surface area contributed by atoms with Gasteiger partial charge in [0.05, 0.1) is 37.3 Å². The summed E-state index contributed by atoms with van der Waals surface area (Å²) in [6.45, 7) is 18.6. The van der Waals surface area contributed by atoms with E-state index >= 15 is 0 Å². The van der Waals surface area contributed by atoms with Crippen LogP contribution in [-0.2, 0) is 29.3 Å². The highest BCUT2D eigenvalue weighted by Crippen LogP contribution is 2.60. The van der Waals surface area contributed by atoms with Crippen LogP contribution in [0.4, 0.5) is 5.95 Å². The van der Waals surface area contributed by atoms with E-state index in [2.05, 4.69) is 48.8 Å². The summed E-state index contributed by atoms with van der Waals surface area (Å²) in [7, 11) is -5.91.